The number of aromatic nitrogens is 1. The zero-order valence-corrected chi connectivity index (χ0v) is 16.1. The Hall–Kier alpha value is -2.69. The number of pyridine rings is 1. The number of rotatable bonds is 5. The number of nitrogens with zero attached hydrogens (tertiary/aromatic N) is 1. The van der Waals surface area contributed by atoms with Gasteiger partial charge in [0, 0.05) is 24.6 Å². The van der Waals surface area contributed by atoms with E-state index in [0.717, 1.165) is 16.8 Å². The first-order chi connectivity index (χ1) is 12.1. The van der Waals surface area contributed by atoms with Crippen molar-refractivity contribution < 1.29 is 9.59 Å². The summed E-state index contributed by atoms with van der Waals surface area (Å²) >= 11 is 0. The molecule has 0 aliphatic heterocycles. The first-order valence-electron chi connectivity index (χ1n) is 8.70. The van der Waals surface area contributed by atoms with Crippen LogP contribution in [-0.2, 0) is 21.5 Å². The lowest BCUT2D eigenvalue weighted by Crippen LogP contribution is -2.45. The van der Waals surface area contributed by atoms with E-state index >= 15 is 0 Å². The molecule has 0 atom stereocenters. The summed E-state index contributed by atoms with van der Waals surface area (Å²) in [7, 11) is 0. The maximum absolute atomic E-state index is 12.8. The smallest absolute Gasteiger partial charge is 0.239 e. The van der Waals surface area contributed by atoms with Crippen molar-refractivity contribution in [2.45, 2.75) is 46.6 Å². The van der Waals surface area contributed by atoms with Crippen molar-refractivity contribution in [3.05, 3.63) is 59.9 Å². The van der Waals surface area contributed by atoms with Crippen LogP contribution < -0.4 is 10.6 Å². The van der Waals surface area contributed by atoms with Gasteiger partial charge in [-0.1, -0.05) is 39.0 Å². The summed E-state index contributed by atoms with van der Waals surface area (Å²) in [6.45, 7) is 9.88. The average molecular weight is 353 g/mol. The summed E-state index contributed by atoms with van der Waals surface area (Å²) in [4.78, 5) is 29.3. The Morgan fingerprint density at radius 2 is 1.54 bits per heavy atom. The van der Waals surface area contributed by atoms with Crippen molar-refractivity contribution in [1.82, 2.24) is 10.3 Å². The van der Waals surface area contributed by atoms with Crippen molar-refractivity contribution in [3.63, 3.8) is 0 Å². The highest BCUT2D eigenvalue weighted by molar-refractivity contribution is 6.10. The van der Waals surface area contributed by atoms with Gasteiger partial charge in [-0.2, -0.15) is 0 Å². The van der Waals surface area contributed by atoms with Gasteiger partial charge in [-0.05, 0) is 48.6 Å². The van der Waals surface area contributed by atoms with E-state index < -0.39 is 5.41 Å². The van der Waals surface area contributed by atoms with Gasteiger partial charge in [-0.25, -0.2) is 0 Å². The van der Waals surface area contributed by atoms with Gasteiger partial charge in [0.25, 0.3) is 0 Å². The highest BCUT2D eigenvalue weighted by Crippen LogP contribution is 2.30. The van der Waals surface area contributed by atoms with Crippen LogP contribution in [-0.4, -0.2) is 16.8 Å². The van der Waals surface area contributed by atoms with Crippen LogP contribution in [0.1, 0.15) is 45.7 Å². The SMILES string of the molecule is CC(C)(C(=O)NCc1ccncc1)C(=O)Nc1ccccc1C(C)(C)C. The molecule has 2 rings (SSSR count). The topological polar surface area (TPSA) is 71.1 Å². The van der Waals surface area contributed by atoms with Gasteiger partial charge in [-0.15, -0.1) is 0 Å². The summed E-state index contributed by atoms with van der Waals surface area (Å²) in [6, 6.07) is 11.3. The lowest BCUT2D eigenvalue weighted by Gasteiger charge is -2.26. The number of anilines is 1. The van der Waals surface area contributed by atoms with E-state index in [-0.39, 0.29) is 17.2 Å². The molecule has 0 bridgehead atoms. The maximum Gasteiger partial charge on any atom is 0.239 e. The van der Waals surface area contributed by atoms with Gasteiger partial charge in [0.15, 0.2) is 0 Å². The zero-order valence-electron chi connectivity index (χ0n) is 16.1. The molecule has 1 aromatic carbocycles. The van der Waals surface area contributed by atoms with Crippen molar-refractivity contribution in [3.8, 4) is 0 Å². The third kappa shape index (κ3) is 4.69. The van der Waals surface area contributed by atoms with Crippen LogP contribution in [0.25, 0.3) is 0 Å². The second kappa shape index (κ2) is 7.68. The van der Waals surface area contributed by atoms with Gasteiger partial charge in [0.2, 0.25) is 11.8 Å². The molecule has 0 saturated heterocycles. The third-order valence-electron chi connectivity index (χ3n) is 4.32. The minimum absolute atomic E-state index is 0.113. The molecule has 1 heterocycles. The molecule has 0 spiro atoms. The fraction of sp³-hybridized carbons (Fsp3) is 0.381. The van der Waals surface area contributed by atoms with E-state index in [4.69, 9.17) is 0 Å². The predicted molar refractivity (Wildman–Crippen MR) is 104 cm³/mol. The van der Waals surface area contributed by atoms with Gasteiger partial charge in [0.1, 0.15) is 5.41 Å². The molecule has 0 saturated carbocycles. The molecule has 0 fully saturated rings. The molecule has 0 aliphatic carbocycles. The second-order valence-corrected chi connectivity index (χ2v) is 7.91. The summed E-state index contributed by atoms with van der Waals surface area (Å²) in [5.74, 6) is -0.651. The molecule has 0 unspecified atom stereocenters. The van der Waals surface area contributed by atoms with Crippen LogP contribution in [0.2, 0.25) is 0 Å². The van der Waals surface area contributed by atoms with Crippen LogP contribution in [0.3, 0.4) is 0 Å². The lowest BCUT2D eigenvalue weighted by atomic mass is 9.85. The van der Waals surface area contributed by atoms with E-state index in [2.05, 4.69) is 36.4 Å². The monoisotopic (exact) mass is 353 g/mol. The van der Waals surface area contributed by atoms with E-state index in [0.29, 0.717) is 6.54 Å². The molecule has 0 radical (unpaired) electrons. The highest BCUT2D eigenvalue weighted by Gasteiger charge is 2.36. The third-order valence-corrected chi connectivity index (χ3v) is 4.32. The Kier molecular flexibility index (Phi) is 5.80. The number of nitrogens with one attached hydrogen (secondary N) is 2. The predicted octanol–water partition coefficient (Wildman–Crippen LogP) is 3.66. The lowest BCUT2D eigenvalue weighted by molar-refractivity contribution is -0.138. The maximum atomic E-state index is 12.8. The Morgan fingerprint density at radius 3 is 2.15 bits per heavy atom. The summed E-state index contributed by atoms with van der Waals surface area (Å²) < 4.78 is 0. The molecule has 2 amide bonds. The van der Waals surface area contributed by atoms with Gasteiger partial charge in [0.05, 0.1) is 0 Å². The Bertz CT molecular complexity index is 777. The van der Waals surface area contributed by atoms with Gasteiger partial charge >= 0.3 is 0 Å². The highest BCUT2D eigenvalue weighted by atomic mass is 16.2. The number of benzene rings is 1. The zero-order chi connectivity index (χ0) is 19.4. The number of hydrogen-bond acceptors (Lipinski definition) is 3. The molecule has 0 aliphatic rings. The van der Waals surface area contributed by atoms with Gasteiger partial charge in [-0.3, -0.25) is 14.6 Å². The van der Waals surface area contributed by atoms with Crippen LogP contribution >= 0.6 is 0 Å². The number of amides is 2. The standard InChI is InChI=1S/C21H27N3O2/c1-20(2,3)16-8-6-7-9-17(16)24-19(26)21(4,5)18(25)23-14-15-10-12-22-13-11-15/h6-13H,14H2,1-5H3,(H,23,25)(H,24,26). The van der Waals surface area contributed by atoms with Crippen LogP contribution in [0.15, 0.2) is 48.8 Å². The Morgan fingerprint density at radius 1 is 0.923 bits per heavy atom. The number of carbonyl (C=O) groups excluding carboxylic acids is 2. The molecule has 5 nitrogen and oxygen atoms in total. The quantitative estimate of drug-likeness (QED) is 0.806. The fourth-order valence-electron chi connectivity index (χ4n) is 2.53. The van der Waals surface area contributed by atoms with Crippen molar-refractivity contribution in [2.24, 2.45) is 5.41 Å². The van der Waals surface area contributed by atoms with Crippen LogP contribution in [0, 0.1) is 5.41 Å². The second-order valence-electron chi connectivity index (χ2n) is 7.91. The fourth-order valence-corrected chi connectivity index (χ4v) is 2.53. The first kappa shape index (κ1) is 19.6. The molecule has 26 heavy (non-hydrogen) atoms. The molecule has 2 N–H and O–H groups in total. The minimum Gasteiger partial charge on any atom is -0.351 e. The van der Waals surface area contributed by atoms with Crippen molar-refractivity contribution >= 4 is 17.5 Å². The number of hydrogen-bond donors (Lipinski definition) is 2. The normalized spacial score (nSPS) is 11.7. The number of para-hydroxylation sites is 1. The minimum atomic E-state index is -1.20. The van der Waals surface area contributed by atoms with Crippen LogP contribution in [0.4, 0.5) is 5.69 Å². The largest absolute Gasteiger partial charge is 0.351 e. The number of carbonyl (C=O) groups is 2. The molecular formula is C21H27N3O2. The van der Waals surface area contributed by atoms with Gasteiger partial charge < -0.3 is 10.6 Å². The van der Waals surface area contributed by atoms with E-state index in [1.165, 1.54) is 0 Å². The van der Waals surface area contributed by atoms with Crippen molar-refractivity contribution in [2.75, 3.05) is 5.32 Å². The summed E-state index contributed by atoms with van der Waals surface area (Å²) in [6.07, 6.45) is 3.34. The Balaban J connectivity index is 2.09. The first-order valence-corrected chi connectivity index (χ1v) is 8.70. The van der Waals surface area contributed by atoms with E-state index in [1.54, 1.807) is 26.2 Å². The van der Waals surface area contributed by atoms with E-state index in [9.17, 15) is 9.59 Å². The molecule has 1 aromatic heterocycles. The molecular weight excluding hydrogens is 326 g/mol. The summed E-state index contributed by atoms with van der Waals surface area (Å²) in [5, 5.41) is 5.75. The molecule has 5 heteroatoms. The van der Waals surface area contributed by atoms with E-state index in [1.807, 2.05) is 36.4 Å². The van der Waals surface area contributed by atoms with Crippen LogP contribution in [0.5, 0.6) is 0 Å². The molecule has 138 valence electrons. The summed E-state index contributed by atoms with van der Waals surface area (Å²) in [5.41, 5.74) is 1.39. The Labute approximate surface area is 155 Å². The molecule has 2 aromatic rings. The van der Waals surface area contributed by atoms with Crippen molar-refractivity contribution in [1.29, 1.82) is 0 Å². The average Bonchev–Trinajstić information content (AvgIpc) is 2.60.